The fourth-order valence-corrected chi connectivity index (χ4v) is 2.20. The van der Waals surface area contributed by atoms with E-state index in [1.165, 1.54) is 5.56 Å². The van der Waals surface area contributed by atoms with Crippen molar-refractivity contribution in [2.75, 3.05) is 12.0 Å². The molecule has 0 aliphatic rings. The highest BCUT2D eigenvalue weighted by atomic mass is 32.1. The number of hydrogen-bond acceptors (Lipinski definition) is 6. The summed E-state index contributed by atoms with van der Waals surface area (Å²) in [5.41, 5.74) is 2.91. The molecule has 1 heterocycles. The Balaban J connectivity index is 1.65. The van der Waals surface area contributed by atoms with Gasteiger partial charge in [-0.1, -0.05) is 18.2 Å². The second kappa shape index (κ2) is 6.48. The topological polar surface area (TPSA) is 64.9 Å². The van der Waals surface area contributed by atoms with Gasteiger partial charge in [-0.2, -0.15) is 4.68 Å². The number of hydrogen-bond donors (Lipinski definition) is 2. The van der Waals surface area contributed by atoms with E-state index in [0.29, 0.717) is 11.9 Å². The van der Waals surface area contributed by atoms with E-state index < -0.39 is 0 Å². The molecule has 3 rings (SSSR count). The van der Waals surface area contributed by atoms with Crippen LogP contribution in [0.2, 0.25) is 0 Å². The quantitative estimate of drug-likeness (QED) is 0.560. The van der Waals surface area contributed by atoms with Crippen LogP contribution in [-0.2, 0) is 0 Å². The molecule has 2 aromatic carbocycles. The Kier molecular flexibility index (Phi) is 4.24. The number of benzene rings is 2. The summed E-state index contributed by atoms with van der Waals surface area (Å²) in [4.78, 5) is 0. The maximum atomic E-state index is 5.67. The number of anilines is 1. The van der Waals surface area contributed by atoms with Crippen molar-refractivity contribution < 1.29 is 4.74 Å². The molecule has 0 saturated carbocycles. The van der Waals surface area contributed by atoms with Gasteiger partial charge in [0.15, 0.2) is 6.73 Å². The summed E-state index contributed by atoms with van der Waals surface area (Å²) >= 11 is 4.20. The molecule has 1 N–H and O–H groups in total. The maximum absolute atomic E-state index is 5.67. The summed E-state index contributed by atoms with van der Waals surface area (Å²) in [7, 11) is 0. The number of rotatable bonds is 5. The van der Waals surface area contributed by atoms with Crippen molar-refractivity contribution in [3.63, 3.8) is 0 Å². The Morgan fingerprint density at radius 2 is 2.05 bits per heavy atom. The number of nitrogens with zero attached hydrogens (tertiary/aromatic N) is 4. The van der Waals surface area contributed by atoms with Crippen LogP contribution in [0.4, 0.5) is 5.69 Å². The third-order valence-corrected chi connectivity index (χ3v) is 3.33. The molecule has 0 aliphatic heterocycles. The van der Waals surface area contributed by atoms with Gasteiger partial charge in [0.05, 0.1) is 5.69 Å². The molecule has 22 heavy (non-hydrogen) atoms. The Morgan fingerprint density at radius 1 is 1.18 bits per heavy atom. The van der Waals surface area contributed by atoms with Crippen LogP contribution in [-0.4, -0.2) is 26.9 Å². The van der Waals surface area contributed by atoms with E-state index in [-0.39, 0.29) is 0 Å². The third kappa shape index (κ3) is 3.37. The van der Waals surface area contributed by atoms with Gasteiger partial charge in [-0.05, 0) is 53.2 Å². The summed E-state index contributed by atoms with van der Waals surface area (Å²) in [5, 5.41) is 14.9. The van der Waals surface area contributed by atoms with Gasteiger partial charge < -0.3 is 10.1 Å². The molecule has 0 unspecified atom stereocenters. The van der Waals surface area contributed by atoms with Crippen LogP contribution in [0.15, 0.2) is 53.7 Å². The average molecular weight is 313 g/mol. The van der Waals surface area contributed by atoms with Crippen LogP contribution in [0, 0.1) is 6.92 Å². The van der Waals surface area contributed by atoms with Crippen molar-refractivity contribution in [1.29, 1.82) is 0 Å². The highest BCUT2D eigenvalue weighted by Crippen LogP contribution is 2.17. The molecule has 0 amide bonds. The van der Waals surface area contributed by atoms with Gasteiger partial charge in [-0.25, -0.2) is 0 Å². The van der Waals surface area contributed by atoms with Gasteiger partial charge in [0.25, 0.3) is 0 Å². The van der Waals surface area contributed by atoms with Crippen LogP contribution in [0.1, 0.15) is 5.56 Å². The maximum Gasteiger partial charge on any atom is 0.211 e. The molecule has 1 aromatic heterocycles. The number of aryl methyl sites for hydroxylation is 1. The lowest BCUT2D eigenvalue weighted by molar-refractivity contribution is 0.346. The monoisotopic (exact) mass is 313 g/mol. The van der Waals surface area contributed by atoms with Gasteiger partial charge in [0.2, 0.25) is 5.16 Å². The number of tetrazole rings is 1. The van der Waals surface area contributed by atoms with Crippen LogP contribution in [0.3, 0.4) is 0 Å². The van der Waals surface area contributed by atoms with Crippen molar-refractivity contribution in [2.45, 2.75) is 12.1 Å². The molecule has 0 radical (unpaired) electrons. The predicted molar refractivity (Wildman–Crippen MR) is 86.7 cm³/mol. The molecule has 0 fully saturated rings. The summed E-state index contributed by atoms with van der Waals surface area (Å²) in [6.07, 6.45) is 0. The summed E-state index contributed by atoms with van der Waals surface area (Å²) in [6, 6.07) is 15.6. The van der Waals surface area contributed by atoms with Crippen LogP contribution >= 0.6 is 12.6 Å². The lowest BCUT2D eigenvalue weighted by Gasteiger charge is -2.10. The fourth-order valence-electron chi connectivity index (χ4n) is 2.00. The zero-order chi connectivity index (χ0) is 15.4. The largest absolute Gasteiger partial charge is 0.473 e. The summed E-state index contributed by atoms with van der Waals surface area (Å²) in [6.45, 7) is 2.40. The summed E-state index contributed by atoms with van der Waals surface area (Å²) < 4.78 is 7.22. The Hall–Kier alpha value is -2.54. The van der Waals surface area contributed by atoms with Crippen molar-refractivity contribution in [3.8, 4) is 11.4 Å². The van der Waals surface area contributed by atoms with Crippen LogP contribution in [0.5, 0.6) is 5.75 Å². The molecule has 0 bridgehead atoms. The molecule has 7 heteroatoms. The van der Waals surface area contributed by atoms with Gasteiger partial charge in [-0.15, -0.1) is 17.7 Å². The second-order valence-corrected chi connectivity index (χ2v) is 5.12. The zero-order valence-electron chi connectivity index (χ0n) is 12.0. The fraction of sp³-hybridized carbons (Fsp3) is 0.133. The Morgan fingerprint density at radius 3 is 2.82 bits per heavy atom. The first-order valence-electron chi connectivity index (χ1n) is 6.73. The van der Waals surface area contributed by atoms with E-state index in [1.807, 2.05) is 55.5 Å². The minimum atomic E-state index is 0.371. The third-order valence-electron chi connectivity index (χ3n) is 3.05. The van der Waals surface area contributed by atoms with E-state index in [2.05, 4.69) is 33.5 Å². The van der Waals surface area contributed by atoms with E-state index in [1.54, 1.807) is 4.68 Å². The molecular weight excluding hydrogens is 298 g/mol. The van der Waals surface area contributed by atoms with Gasteiger partial charge >= 0.3 is 0 Å². The first-order valence-corrected chi connectivity index (χ1v) is 7.18. The Labute approximate surface area is 133 Å². The number of aromatic nitrogens is 4. The molecule has 6 nitrogen and oxygen atoms in total. The average Bonchev–Trinajstić information content (AvgIpc) is 2.94. The second-order valence-electron chi connectivity index (χ2n) is 4.72. The summed E-state index contributed by atoms with van der Waals surface area (Å²) in [5.74, 6) is 0.835. The van der Waals surface area contributed by atoms with E-state index in [9.17, 15) is 0 Å². The molecule has 3 aromatic rings. The zero-order valence-corrected chi connectivity index (χ0v) is 12.9. The van der Waals surface area contributed by atoms with Gasteiger partial charge in [-0.3, -0.25) is 0 Å². The smallest absolute Gasteiger partial charge is 0.211 e. The van der Waals surface area contributed by atoms with E-state index in [0.717, 1.165) is 17.1 Å². The molecule has 0 saturated heterocycles. The first kappa shape index (κ1) is 14.4. The van der Waals surface area contributed by atoms with Crippen LogP contribution < -0.4 is 10.1 Å². The van der Waals surface area contributed by atoms with Crippen molar-refractivity contribution >= 4 is 18.3 Å². The predicted octanol–water partition coefficient (Wildman–Crippen LogP) is 2.71. The van der Waals surface area contributed by atoms with Crippen molar-refractivity contribution in [2.24, 2.45) is 0 Å². The first-order chi connectivity index (χ1) is 10.7. The van der Waals surface area contributed by atoms with Crippen molar-refractivity contribution in [1.82, 2.24) is 20.2 Å². The number of thiol groups is 1. The SMILES string of the molecule is Cc1cccc(OCNc2cccc(-n3nnnc3S)c2)c1. The normalized spacial score (nSPS) is 10.5. The standard InChI is InChI=1S/C15H15N5OS/c1-11-4-2-7-14(8-11)21-10-16-12-5-3-6-13(9-12)20-15(22)17-18-19-20/h2-9,16H,10H2,1H3,(H,17,19,22). The molecular formula is C15H15N5OS. The minimum Gasteiger partial charge on any atom is -0.473 e. The lowest BCUT2D eigenvalue weighted by atomic mass is 10.2. The molecule has 0 atom stereocenters. The van der Waals surface area contributed by atoms with Gasteiger partial charge in [0.1, 0.15) is 5.75 Å². The van der Waals surface area contributed by atoms with E-state index in [4.69, 9.17) is 4.74 Å². The van der Waals surface area contributed by atoms with Crippen LogP contribution in [0.25, 0.3) is 5.69 Å². The van der Waals surface area contributed by atoms with Gasteiger partial charge in [0, 0.05) is 5.69 Å². The highest BCUT2D eigenvalue weighted by molar-refractivity contribution is 7.80. The number of nitrogens with one attached hydrogen (secondary N) is 1. The highest BCUT2D eigenvalue weighted by Gasteiger charge is 2.04. The molecule has 112 valence electrons. The molecule has 0 spiro atoms. The number of ether oxygens (including phenoxy) is 1. The minimum absolute atomic E-state index is 0.371. The van der Waals surface area contributed by atoms with Crippen molar-refractivity contribution in [3.05, 3.63) is 54.1 Å². The molecule has 0 aliphatic carbocycles. The lowest BCUT2D eigenvalue weighted by Crippen LogP contribution is -2.09. The Bertz CT molecular complexity index is 774. The van der Waals surface area contributed by atoms with E-state index >= 15 is 0 Å².